The van der Waals surface area contributed by atoms with Crippen LogP contribution in [0, 0.1) is 11.3 Å². The Morgan fingerprint density at radius 3 is 2.78 bits per heavy atom. The van der Waals surface area contributed by atoms with Crippen LogP contribution in [0.5, 0.6) is 0 Å². The molecule has 0 aromatic carbocycles. The summed E-state index contributed by atoms with van der Waals surface area (Å²) in [5, 5.41) is 7.60. The molecule has 2 rings (SSSR count). The summed E-state index contributed by atoms with van der Waals surface area (Å²) in [5.41, 5.74) is 7.16. The zero-order valence-electron chi connectivity index (χ0n) is 11.2. The molecule has 18 heavy (non-hydrogen) atoms. The molecule has 2 atom stereocenters. The number of aromatic nitrogens is 1. The molecule has 1 aliphatic rings. The number of rotatable bonds is 3. The predicted molar refractivity (Wildman–Crippen MR) is 74.1 cm³/mol. The van der Waals surface area contributed by atoms with Gasteiger partial charge in [0.15, 0.2) is 0 Å². The smallest absolute Gasteiger partial charge is 0.143 e. The second-order valence-electron chi connectivity index (χ2n) is 5.20. The molecular weight excluding hydrogens is 226 g/mol. The maximum atomic E-state index is 7.60. The fourth-order valence-corrected chi connectivity index (χ4v) is 2.68. The lowest BCUT2D eigenvalue weighted by Crippen LogP contribution is -2.34. The zero-order valence-corrected chi connectivity index (χ0v) is 11.2. The first-order chi connectivity index (χ1) is 8.50. The van der Waals surface area contributed by atoms with E-state index in [0.29, 0.717) is 17.7 Å². The van der Waals surface area contributed by atoms with Gasteiger partial charge >= 0.3 is 0 Å². The summed E-state index contributed by atoms with van der Waals surface area (Å²) in [6.07, 6.45) is 1.68. The molecule has 3 N–H and O–H groups in total. The van der Waals surface area contributed by atoms with Crippen LogP contribution in [-0.2, 0) is 0 Å². The number of nitrogens with one attached hydrogen (secondary N) is 1. The van der Waals surface area contributed by atoms with E-state index in [1.165, 1.54) is 0 Å². The Hall–Kier alpha value is -1.62. The average Bonchev–Trinajstić information content (AvgIpc) is 2.71. The average molecular weight is 247 g/mol. The molecule has 2 heterocycles. The van der Waals surface area contributed by atoms with Gasteiger partial charge in [-0.05, 0) is 32.1 Å². The predicted octanol–water partition coefficient (Wildman–Crippen LogP) is 0.752. The first-order valence-electron chi connectivity index (χ1n) is 6.21. The molecule has 0 amide bonds. The van der Waals surface area contributed by atoms with Gasteiger partial charge in [-0.25, -0.2) is 0 Å². The summed E-state index contributed by atoms with van der Waals surface area (Å²) in [7, 11) is 4.22. The Morgan fingerprint density at radius 2 is 2.22 bits per heavy atom. The van der Waals surface area contributed by atoms with Crippen molar-refractivity contribution in [1.29, 1.82) is 5.41 Å². The van der Waals surface area contributed by atoms with Gasteiger partial charge in [-0.2, -0.15) is 0 Å². The van der Waals surface area contributed by atoms with E-state index >= 15 is 0 Å². The van der Waals surface area contributed by atoms with Crippen molar-refractivity contribution in [1.82, 2.24) is 9.88 Å². The standard InChI is InChI=1S/C13H21N5/c1-9-7-18(8-11(9)17(2)3)10-5-4-6-16-12(10)13(14)15/h4-6,9,11H,7-8H2,1-3H3,(H3,14,15). The van der Waals surface area contributed by atoms with Crippen molar-refractivity contribution in [2.75, 3.05) is 32.1 Å². The molecule has 1 aromatic heterocycles. The van der Waals surface area contributed by atoms with Crippen molar-refractivity contribution in [3.8, 4) is 0 Å². The molecule has 1 aromatic rings. The number of nitrogen functional groups attached to an aromatic ring is 1. The number of pyridine rings is 1. The molecule has 1 aliphatic heterocycles. The third-order valence-corrected chi connectivity index (χ3v) is 3.62. The normalized spacial score (nSPS) is 23.7. The van der Waals surface area contributed by atoms with Crippen LogP contribution in [0.3, 0.4) is 0 Å². The number of anilines is 1. The summed E-state index contributed by atoms with van der Waals surface area (Å²) in [5.74, 6) is 0.631. The summed E-state index contributed by atoms with van der Waals surface area (Å²) in [4.78, 5) is 8.75. The van der Waals surface area contributed by atoms with Crippen LogP contribution in [0.2, 0.25) is 0 Å². The van der Waals surface area contributed by atoms with Crippen molar-refractivity contribution in [3.63, 3.8) is 0 Å². The first kappa shape index (κ1) is 12.8. The van der Waals surface area contributed by atoms with Crippen LogP contribution < -0.4 is 10.6 Å². The Bertz CT molecular complexity index is 443. The van der Waals surface area contributed by atoms with Gasteiger partial charge in [-0.3, -0.25) is 10.4 Å². The highest BCUT2D eigenvalue weighted by molar-refractivity contribution is 5.98. The lowest BCUT2D eigenvalue weighted by Gasteiger charge is -2.23. The van der Waals surface area contributed by atoms with Crippen molar-refractivity contribution < 1.29 is 0 Å². The van der Waals surface area contributed by atoms with E-state index in [0.717, 1.165) is 18.8 Å². The highest BCUT2D eigenvalue weighted by Crippen LogP contribution is 2.27. The van der Waals surface area contributed by atoms with Gasteiger partial charge < -0.3 is 15.5 Å². The molecule has 0 saturated carbocycles. The van der Waals surface area contributed by atoms with Crippen LogP contribution in [0.15, 0.2) is 18.3 Å². The fraction of sp³-hybridized carbons (Fsp3) is 0.538. The van der Waals surface area contributed by atoms with E-state index in [1.807, 2.05) is 12.1 Å². The molecule has 1 saturated heterocycles. The van der Waals surface area contributed by atoms with E-state index < -0.39 is 0 Å². The molecule has 98 valence electrons. The molecule has 0 bridgehead atoms. The highest BCUT2D eigenvalue weighted by Gasteiger charge is 2.32. The van der Waals surface area contributed by atoms with Crippen LogP contribution >= 0.6 is 0 Å². The van der Waals surface area contributed by atoms with E-state index in [1.54, 1.807) is 6.20 Å². The van der Waals surface area contributed by atoms with Gasteiger partial charge in [0.2, 0.25) is 0 Å². The first-order valence-corrected chi connectivity index (χ1v) is 6.21. The minimum Gasteiger partial charge on any atom is -0.382 e. The summed E-state index contributed by atoms with van der Waals surface area (Å²) in [6.45, 7) is 4.20. The molecule has 0 radical (unpaired) electrons. The second-order valence-corrected chi connectivity index (χ2v) is 5.20. The number of nitrogens with zero attached hydrogens (tertiary/aromatic N) is 3. The molecular formula is C13H21N5. The van der Waals surface area contributed by atoms with Gasteiger partial charge in [0.05, 0.1) is 5.69 Å². The van der Waals surface area contributed by atoms with E-state index in [2.05, 4.69) is 35.8 Å². The SMILES string of the molecule is CC1CN(c2cccnc2C(=N)N)CC1N(C)C. The summed E-state index contributed by atoms with van der Waals surface area (Å²) >= 11 is 0. The molecule has 0 aliphatic carbocycles. The number of hydrogen-bond donors (Lipinski definition) is 2. The van der Waals surface area contributed by atoms with E-state index in [-0.39, 0.29) is 5.84 Å². The third kappa shape index (κ3) is 2.31. The Morgan fingerprint density at radius 1 is 1.50 bits per heavy atom. The lowest BCUT2D eigenvalue weighted by atomic mass is 10.1. The van der Waals surface area contributed by atoms with Gasteiger partial charge in [0.1, 0.15) is 11.5 Å². The molecule has 2 unspecified atom stereocenters. The van der Waals surface area contributed by atoms with E-state index in [9.17, 15) is 0 Å². The minimum absolute atomic E-state index is 0.0338. The van der Waals surface area contributed by atoms with Gasteiger partial charge in [0, 0.05) is 25.3 Å². The number of likely N-dealkylation sites (N-methyl/N-ethyl adjacent to an activating group) is 1. The van der Waals surface area contributed by atoms with Gasteiger partial charge in [-0.1, -0.05) is 6.92 Å². The van der Waals surface area contributed by atoms with Gasteiger partial charge in [0.25, 0.3) is 0 Å². The largest absolute Gasteiger partial charge is 0.382 e. The zero-order chi connectivity index (χ0) is 13.3. The van der Waals surface area contributed by atoms with Crippen molar-refractivity contribution in [3.05, 3.63) is 24.0 Å². The Kier molecular flexibility index (Phi) is 3.52. The van der Waals surface area contributed by atoms with Crippen LogP contribution in [0.25, 0.3) is 0 Å². The van der Waals surface area contributed by atoms with Crippen LogP contribution in [0.1, 0.15) is 12.6 Å². The maximum Gasteiger partial charge on any atom is 0.143 e. The number of hydrogen-bond acceptors (Lipinski definition) is 4. The third-order valence-electron chi connectivity index (χ3n) is 3.62. The monoisotopic (exact) mass is 247 g/mol. The summed E-state index contributed by atoms with van der Waals surface area (Å²) in [6, 6.07) is 4.43. The number of nitrogens with two attached hydrogens (primary N) is 1. The molecule has 1 fully saturated rings. The van der Waals surface area contributed by atoms with E-state index in [4.69, 9.17) is 11.1 Å². The van der Waals surface area contributed by atoms with Crippen molar-refractivity contribution in [2.45, 2.75) is 13.0 Å². The molecule has 5 heteroatoms. The second kappa shape index (κ2) is 4.94. The minimum atomic E-state index is 0.0338. The van der Waals surface area contributed by atoms with Gasteiger partial charge in [-0.15, -0.1) is 0 Å². The topological polar surface area (TPSA) is 69.2 Å². The highest BCUT2D eigenvalue weighted by atomic mass is 15.2. The lowest BCUT2D eigenvalue weighted by molar-refractivity contribution is 0.266. The fourth-order valence-electron chi connectivity index (χ4n) is 2.68. The Labute approximate surface area is 108 Å². The Balaban J connectivity index is 2.26. The van der Waals surface area contributed by atoms with Crippen molar-refractivity contribution >= 4 is 11.5 Å². The van der Waals surface area contributed by atoms with Crippen molar-refractivity contribution in [2.24, 2.45) is 11.7 Å². The summed E-state index contributed by atoms with van der Waals surface area (Å²) < 4.78 is 0. The number of amidine groups is 1. The maximum absolute atomic E-state index is 7.60. The quantitative estimate of drug-likeness (QED) is 0.611. The molecule has 0 spiro atoms. The molecule has 5 nitrogen and oxygen atoms in total. The van der Waals surface area contributed by atoms with Crippen LogP contribution in [-0.4, -0.2) is 48.9 Å². The van der Waals surface area contributed by atoms with Crippen LogP contribution in [0.4, 0.5) is 5.69 Å².